The second-order valence-corrected chi connectivity index (χ2v) is 6.24. The molecule has 0 fully saturated rings. The summed E-state index contributed by atoms with van der Waals surface area (Å²) in [6, 6.07) is 12.3. The van der Waals surface area contributed by atoms with Gasteiger partial charge < -0.3 is 10.2 Å². The number of nitrogens with zero attached hydrogens (tertiary/aromatic N) is 2. The van der Waals surface area contributed by atoms with Crippen molar-refractivity contribution in [2.24, 2.45) is 0 Å². The maximum Gasteiger partial charge on any atom is 0.226 e. The molecule has 0 spiro atoms. The van der Waals surface area contributed by atoms with Crippen LogP contribution in [0.15, 0.2) is 36.4 Å². The highest BCUT2D eigenvalue weighted by molar-refractivity contribution is 5.92. The molecule has 2 aromatic carbocycles. The minimum absolute atomic E-state index is 0.149. The van der Waals surface area contributed by atoms with Gasteiger partial charge in [0, 0.05) is 30.8 Å². The highest BCUT2D eigenvalue weighted by Crippen LogP contribution is 2.32. The molecule has 0 radical (unpaired) electrons. The summed E-state index contributed by atoms with van der Waals surface area (Å²) in [5, 5.41) is 11.9. The molecule has 1 amide bonds. The van der Waals surface area contributed by atoms with Crippen LogP contribution < -0.4 is 10.2 Å². The van der Waals surface area contributed by atoms with Gasteiger partial charge in [0.05, 0.1) is 11.3 Å². The van der Waals surface area contributed by atoms with E-state index in [1.807, 2.05) is 6.92 Å². The van der Waals surface area contributed by atoms with Gasteiger partial charge in [-0.3, -0.25) is 4.79 Å². The van der Waals surface area contributed by atoms with E-state index >= 15 is 0 Å². The molecule has 0 unspecified atom stereocenters. The van der Waals surface area contributed by atoms with Gasteiger partial charge in [-0.25, -0.2) is 4.39 Å². The first-order chi connectivity index (χ1) is 12.1. The minimum Gasteiger partial charge on any atom is -0.370 e. The van der Waals surface area contributed by atoms with E-state index < -0.39 is 0 Å². The van der Waals surface area contributed by atoms with E-state index in [2.05, 4.69) is 16.3 Å². The Morgan fingerprint density at radius 1 is 1.32 bits per heavy atom. The fraction of sp³-hybridized carbons (Fsp3) is 0.300. The summed E-state index contributed by atoms with van der Waals surface area (Å²) in [6.45, 7) is 3.32. The van der Waals surface area contributed by atoms with Crippen LogP contribution in [0.3, 0.4) is 0 Å². The molecule has 1 N–H and O–H groups in total. The first kappa shape index (κ1) is 17.0. The molecule has 4 nitrogen and oxygen atoms in total. The van der Waals surface area contributed by atoms with Gasteiger partial charge in [0.2, 0.25) is 5.91 Å². The van der Waals surface area contributed by atoms with Crippen molar-refractivity contribution in [1.82, 2.24) is 0 Å². The van der Waals surface area contributed by atoms with Crippen molar-refractivity contribution in [1.29, 1.82) is 5.26 Å². The first-order valence-corrected chi connectivity index (χ1v) is 8.42. The van der Waals surface area contributed by atoms with Crippen LogP contribution in [0.1, 0.15) is 29.5 Å². The molecule has 0 aliphatic carbocycles. The molecular formula is C20H20FN3O. The number of amides is 1. The summed E-state index contributed by atoms with van der Waals surface area (Å²) in [5.74, 6) is -0.318. The van der Waals surface area contributed by atoms with Crippen molar-refractivity contribution in [3.05, 3.63) is 58.9 Å². The Morgan fingerprint density at radius 3 is 2.92 bits per heavy atom. The number of benzene rings is 2. The van der Waals surface area contributed by atoms with E-state index in [0.29, 0.717) is 17.8 Å². The highest BCUT2D eigenvalue weighted by atomic mass is 19.1. The van der Waals surface area contributed by atoms with Crippen molar-refractivity contribution in [3.63, 3.8) is 0 Å². The molecule has 0 saturated carbocycles. The predicted molar refractivity (Wildman–Crippen MR) is 96.1 cm³/mol. The molecule has 5 heteroatoms. The van der Waals surface area contributed by atoms with Gasteiger partial charge in [0.1, 0.15) is 11.9 Å². The van der Waals surface area contributed by atoms with E-state index in [4.69, 9.17) is 5.26 Å². The lowest BCUT2D eigenvalue weighted by molar-refractivity contribution is -0.116. The standard InChI is InChI=1S/C20H20FN3O/c1-14-8-9-17(21)16-6-4-11-24(20(14)16)12-10-19(25)23-18-7-3-2-5-15(18)13-22/h2-3,5,7-9H,4,6,10-12H2,1H3,(H,23,25). The van der Waals surface area contributed by atoms with Crippen molar-refractivity contribution in [2.45, 2.75) is 26.2 Å². The second-order valence-electron chi connectivity index (χ2n) is 6.24. The summed E-state index contributed by atoms with van der Waals surface area (Å²) < 4.78 is 14.1. The van der Waals surface area contributed by atoms with E-state index in [0.717, 1.165) is 36.2 Å². The zero-order valence-corrected chi connectivity index (χ0v) is 14.2. The summed E-state index contributed by atoms with van der Waals surface area (Å²) in [7, 11) is 0. The van der Waals surface area contributed by atoms with E-state index in [1.54, 1.807) is 30.3 Å². The monoisotopic (exact) mass is 337 g/mol. The van der Waals surface area contributed by atoms with Crippen LogP contribution in [-0.2, 0) is 11.2 Å². The Kier molecular flexibility index (Phi) is 4.99. The molecule has 0 aromatic heterocycles. The maximum absolute atomic E-state index is 14.1. The van der Waals surface area contributed by atoms with Gasteiger partial charge in [-0.15, -0.1) is 0 Å². The molecule has 1 heterocycles. The number of carbonyl (C=O) groups excluding carboxylic acids is 1. The van der Waals surface area contributed by atoms with E-state index in [9.17, 15) is 9.18 Å². The molecule has 2 aromatic rings. The Bertz CT molecular complexity index is 841. The average Bonchev–Trinajstić information content (AvgIpc) is 2.63. The van der Waals surface area contributed by atoms with Crippen LogP contribution in [0.25, 0.3) is 0 Å². The molecule has 1 aliphatic rings. The second kappa shape index (κ2) is 7.35. The van der Waals surface area contributed by atoms with Crippen LogP contribution in [0, 0.1) is 24.1 Å². The first-order valence-electron chi connectivity index (χ1n) is 8.42. The molecule has 128 valence electrons. The number of rotatable bonds is 4. The lowest BCUT2D eigenvalue weighted by Gasteiger charge is -2.33. The Morgan fingerprint density at radius 2 is 2.12 bits per heavy atom. The normalized spacial score (nSPS) is 13.1. The van der Waals surface area contributed by atoms with Crippen molar-refractivity contribution < 1.29 is 9.18 Å². The van der Waals surface area contributed by atoms with Crippen molar-refractivity contribution in [2.75, 3.05) is 23.3 Å². The largest absolute Gasteiger partial charge is 0.370 e. The van der Waals surface area contributed by atoms with Crippen LogP contribution >= 0.6 is 0 Å². The summed E-state index contributed by atoms with van der Waals surface area (Å²) in [4.78, 5) is 14.4. The molecule has 0 atom stereocenters. The fourth-order valence-corrected chi connectivity index (χ4v) is 3.33. The number of nitriles is 1. The molecule has 0 bridgehead atoms. The zero-order chi connectivity index (χ0) is 17.8. The third kappa shape index (κ3) is 3.63. The topological polar surface area (TPSA) is 56.1 Å². The van der Waals surface area contributed by atoms with E-state index in [-0.39, 0.29) is 18.1 Å². The third-order valence-corrected chi connectivity index (χ3v) is 4.53. The lowest BCUT2D eigenvalue weighted by atomic mass is 9.97. The van der Waals surface area contributed by atoms with Gasteiger partial charge >= 0.3 is 0 Å². The van der Waals surface area contributed by atoms with Crippen molar-refractivity contribution >= 4 is 17.3 Å². The number of carbonyl (C=O) groups is 1. The SMILES string of the molecule is Cc1ccc(F)c2c1N(CCC(=O)Nc1ccccc1C#N)CCC2. The van der Waals surface area contributed by atoms with Gasteiger partial charge in [-0.05, 0) is 43.5 Å². The summed E-state index contributed by atoms with van der Waals surface area (Å²) >= 11 is 0. The molecule has 25 heavy (non-hydrogen) atoms. The lowest BCUT2D eigenvalue weighted by Crippen LogP contribution is -2.33. The number of nitrogens with one attached hydrogen (secondary N) is 1. The summed E-state index contributed by atoms with van der Waals surface area (Å²) in [6.07, 6.45) is 1.91. The molecule has 3 rings (SSSR count). The number of para-hydroxylation sites is 1. The van der Waals surface area contributed by atoms with Crippen LogP contribution in [0.4, 0.5) is 15.8 Å². The molecule has 1 aliphatic heterocycles. The van der Waals surface area contributed by atoms with Gasteiger partial charge in [-0.1, -0.05) is 18.2 Å². The Labute approximate surface area is 146 Å². The summed E-state index contributed by atoms with van der Waals surface area (Å²) in [5.41, 5.74) is 3.68. The number of hydrogen-bond donors (Lipinski definition) is 1. The number of anilines is 2. The van der Waals surface area contributed by atoms with Crippen LogP contribution in [0.2, 0.25) is 0 Å². The Hall–Kier alpha value is -2.87. The number of aryl methyl sites for hydroxylation is 1. The zero-order valence-electron chi connectivity index (χ0n) is 14.2. The van der Waals surface area contributed by atoms with Gasteiger partial charge in [0.25, 0.3) is 0 Å². The number of hydrogen-bond acceptors (Lipinski definition) is 3. The van der Waals surface area contributed by atoms with Crippen molar-refractivity contribution in [3.8, 4) is 6.07 Å². The Balaban J connectivity index is 1.68. The molecule has 0 saturated heterocycles. The van der Waals surface area contributed by atoms with E-state index in [1.165, 1.54) is 6.07 Å². The van der Waals surface area contributed by atoms with Crippen LogP contribution in [0.5, 0.6) is 0 Å². The van der Waals surface area contributed by atoms with Gasteiger partial charge in [-0.2, -0.15) is 5.26 Å². The quantitative estimate of drug-likeness (QED) is 0.923. The number of fused-ring (bicyclic) bond motifs is 1. The third-order valence-electron chi connectivity index (χ3n) is 4.53. The average molecular weight is 337 g/mol. The van der Waals surface area contributed by atoms with Crippen LogP contribution in [-0.4, -0.2) is 19.0 Å². The maximum atomic E-state index is 14.1. The fourth-order valence-electron chi connectivity index (χ4n) is 3.33. The smallest absolute Gasteiger partial charge is 0.226 e. The van der Waals surface area contributed by atoms with Gasteiger partial charge in [0.15, 0.2) is 0 Å². The molecular weight excluding hydrogens is 317 g/mol. The predicted octanol–water partition coefficient (Wildman–Crippen LogP) is 3.79. The number of halogens is 1. The minimum atomic E-state index is -0.169. The highest BCUT2D eigenvalue weighted by Gasteiger charge is 2.22.